The van der Waals surface area contributed by atoms with Gasteiger partial charge in [0, 0.05) is 13.1 Å². The van der Waals surface area contributed by atoms with Crippen LogP contribution in [0.2, 0.25) is 0 Å². The molecule has 1 aromatic carbocycles. The van der Waals surface area contributed by atoms with Gasteiger partial charge in [-0.1, -0.05) is 13.0 Å². The summed E-state index contributed by atoms with van der Waals surface area (Å²) in [5, 5.41) is 2.75. The summed E-state index contributed by atoms with van der Waals surface area (Å²) in [6.45, 7) is 4.52. The van der Waals surface area contributed by atoms with Gasteiger partial charge in [0.2, 0.25) is 5.91 Å². The van der Waals surface area contributed by atoms with Crippen molar-refractivity contribution in [1.29, 1.82) is 0 Å². The maximum Gasteiger partial charge on any atom is 0.325 e. The molecule has 8 nitrogen and oxygen atoms in total. The number of imide groups is 1. The van der Waals surface area contributed by atoms with Gasteiger partial charge in [0.1, 0.15) is 25.3 Å². The minimum Gasteiger partial charge on any atom is -0.486 e. The summed E-state index contributed by atoms with van der Waals surface area (Å²) in [6, 6.07) is 4.80. The van der Waals surface area contributed by atoms with Crippen molar-refractivity contribution in [3.05, 3.63) is 23.8 Å². The molecule has 30 heavy (non-hydrogen) atoms. The number of hydrogen-bond donors (Lipinski definition) is 1. The Hall–Kier alpha value is -2.77. The smallest absolute Gasteiger partial charge is 0.325 e. The predicted octanol–water partition coefficient (Wildman–Crippen LogP) is 2.26. The zero-order valence-electron chi connectivity index (χ0n) is 17.8. The van der Waals surface area contributed by atoms with Crippen LogP contribution in [0, 0.1) is 5.92 Å². The van der Waals surface area contributed by atoms with E-state index in [-0.39, 0.29) is 18.5 Å². The highest BCUT2D eigenvalue weighted by molar-refractivity contribution is 6.09. The van der Waals surface area contributed by atoms with Crippen LogP contribution >= 0.6 is 0 Å². The van der Waals surface area contributed by atoms with Gasteiger partial charge in [-0.05, 0) is 56.2 Å². The Morgan fingerprint density at radius 2 is 1.83 bits per heavy atom. The van der Waals surface area contributed by atoms with E-state index in [2.05, 4.69) is 12.2 Å². The molecular formula is C22H29N3O5. The van der Waals surface area contributed by atoms with Gasteiger partial charge in [0.15, 0.2) is 11.5 Å². The summed E-state index contributed by atoms with van der Waals surface area (Å²) in [7, 11) is 1.77. The van der Waals surface area contributed by atoms with Crippen molar-refractivity contribution in [2.24, 2.45) is 5.92 Å². The van der Waals surface area contributed by atoms with Gasteiger partial charge in [-0.2, -0.15) is 0 Å². The maximum absolute atomic E-state index is 13.2. The fraction of sp³-hybridized carbons (Fsp3) is 0.591. The average Bonchev–Trinajstić information content (AvgIpc) is 2.97. The van der Waals surface area contributed by atoms with Crippen molar-refractivity contribution in [2.75, 3.05) is 26.8 Å². The number of hydrogen-bond acceptors (Lipinski definition) is 5. The number of nitrogens with zero attached hydrogens (tertiary/aromatic N) is 2. The van der Waals surface area contributed by atoms with E-state index in [4.69, 9.17) is 9.47 Å². The van der Waals surface area contributed by atoms with Crippen LogP contribution in [0.5, 0.6) is 11.5 Å². The molecule has 2 fully saturated rings. The standard InChI is InChI=1S/C22H29N3O5/c1-14-4-7-16(8-5-14)24(3)19(26)13-25-20(27)22(2,23-21(25)28)15-6-9-17-18(12-15)30-11-10-29-17/h6,9,12,14,16H,4-5,7-8,10-11,13H2,1-3H3,(H,23,28)/t14?,16?,22-/m0/s1. The van der Waals surface area contributed by atoms with Crippen LogP contribution in [-0.4, -0.2) is 60.5 Å². The predicted molar refractivity (Wildman–Crippen MR) is 109 cm³/mol. The Labute approximate surface area is 176 Å². The first-order valence-corrected chi connectivity index (χ1v) is 10.6. The van der Waals surface area contributed by atoms with E-state index < -0.39 is 17.5 Å². The van der Waals surface area contributed by atoms with Crippen LogP contribution in [0.15, 0.2) is 18.2 Å². The molecule has 0 radical (unpaired) electrons. The number of amides is 4. The number of benzene rings is 1. The van der Waals surface area contributed by atoms with Crippen LogP contribution in [0.4, 0.5) is 4.79 Å². The third-order valence-electron chi connectivity index (χ3n) is 6.61. The zero-order valence-corrected chi connectivity index (χ0v) is 17.8. The van der Waals surface area contributed by atoms with E-state index >= 15 is 0 Å². The first kappa shape index (κ1) is 20.5. The van der Waals surface area contributed by atoms with E-state index in [1.54, 1.807) is 37.1 Å². The fourth-order valence-corrected chi connectivity index (χ4v) is 4.47. The highest BCUT2D eigenvalue weighted by Gasteiger charge is 2.50. The largest absolute Gasteiger partial charge is 0.486 e. The Bertz CT molecular complexity index is 864. The highest BCUT2D eigenvalue weighted by atomic mass is 16.6. The Morgan fingerprint density at radius 3 is 2.53 bits per heavy atom. The van der Waals surface area contributed by atoms with Crippen molar-refractivity contribution in [2.45, 2.75) is 51.1 Å². The number of carbonyl (C=O) groups is 3. The van der Waals surface area contributed by atoms with Crippen LogP contribution < -0.4 is 14.8 Å². The van der Waals surface area contributed by atoms with E-state index in [0.29, 0.717) is 36.2 Å². The van der Waals surface area contributed by atoms with Gasteiger partial charge < -0.3 is 19.7 Å². The Kier molecular flexibility index (Phi) is 5.34. The molecule has 1 aliphatic carbocycles. The van der Waals surface area contributed by atoms with Crippen molar-refractivity contribution in [3.8, 4) is 11.5 Å². The third-order valence-corrected chi connectivity index (χ3v) is 6.61. The molecule has 1 N–H and O–H groups in total. The molecule has 0 unspecified atom stereocenters. The van der Waals surface area contributed by atoms with E-state index in [0.717, 1.165) is 30.6 Å². The summed E-state index contributed by atoms with van der Waals surface area (Å²) < 4.78 is 11.1. The number of nitrogens with one attached hydrogen (secondary N) is 1. The van der Waals surface area contributed by atoms with Crippen molar-refractivity contribution < 1.29 is 23.9 Å². The lowest BCUT2D eigenvalue weighted by molar-refractivity contribution is -0.139. The Balaban J connectivity index is 1.47. The average molecular weight is 415 g/mol. The number of rotatable bonds is 4. The molecule has 8 heteroatoms. The SMILES string of the molecule is CC1CCC(N(C)C(=O)CN2C(=O)N[C@@](C)(c3ccc4c(c3)OCCO4)C2=O)CC1. The van der Waals surface area contributed by atoms with Gasteiger partial charge >= 0.3 is 6.03 Å². The molecule has 1 atom stereocenters. The second-order valence-electron chi connectivity index (χ2n) is 8.72. The normalized spacial score (nSPS) is 28.3. The molecule has 4 rings (SSSR count). The lowest BCUT2D eigenvalue weighted by Crippen LogP contribution is -2.47. The topological polar surface area (TPSA) is 88.2 Å². The minimum absolute atomic E-state index is 0.165. The van der Waals surface area contributed by atoms with Gasteiger partial charge in [-0.25, -0.2) is 4.79 Å². The first-order valence-electron chi connectivity index (χ1n) is 10.6. The van der Waals surface area contributed by atoms with E-state index in [1.807, 2.05) is 0 Å². The fourth-order valence-electron chi connectivity index (χ4n) is 4.47. The van der Waals surface area contributed by atoms with Gasteiger partial charge in [0.25, 0.3) is 5.91 Å². The molecular weight excluding hydrogens is 386 g/mol. The minimum atomic E-state index is -1.26. The summed E-state index contributed by atoms with van der Waals surface area (Å²) in [6.07, 6.45) is 4.10. The van der Waals surface area contributed by atoms with Crippen molar-refractivity contribution >= 4 is 17.8 Å². The lowest BCUT2D eigenvalue weighted by atomic mass is 9.87. The van der Waals surface area contributed by atoms with Crippen LogP contribution in [0.1, 0.15) is 45.1 Å². The lowest BCUT2D eigenvalue weighted by Gasteiger charge is -2.34. The summed E-state index contributed by atoms with van der Waals surface area (Å²) in [4.78, 5) is 41.3. The van der Waals surface area contributed by atoms with Gasteiger partial charge in [-0.3, -0.25) is 14.5 Å². The number of likely N-dealkylation sites (N-methyl/N-ethyl adjacent to an activating group) is 1. The monoisotopic (exact) mass is 415 g/mol. The molecule has 1 aromatic rings. The van der Waals surface area contributed by atoms with Gasteiger partial charge in [-0.15, -0.1) is 0 Å². The number of carbonyl (C=O) groups excluding carboxylic acids is 3. The zero-order chi connectivity index (χ0) is 21.5. The maximum atomic E-state index is 13.2. The first-order chi connectivity index (χ1) is 14.3. The third kappa shape index (κ3) is 3.59. The molecule has 3 aliphatic rings. The molecule has 1 saturated heterocycles. The number of fused-ring (bicyclic) bond motifs is 1. The molecule has 2 heterocycles. The Morgan fingerprint density at radius 1 is 1.17 bits per heavy atom. The summed E-state index contributed by atoms with van der Waals surface area (Å²) >= 11 is 0. The quantitative estimate of drug-likeness (QED) is 0.762. The van der Waals surface area contributed by atoms with Crippen LogP contribution in [-0.2, 0) is 15.1 Å². The van der Waals surface area contributed by atoms with Gasteiger partial charge in [0.05, 0.1) is 0 Å². The molecule has 2 aliphatic heterocycles. The highest BCUT2D eigenvalue weighted by Crippen LogP contribution is 2.37. The van der Waals surface area contributed by atoms with Crippen LogP contribution in [0.3, 0.4) is 0 Å². The van der Waals surface area contributed by atoms with Crippen LogP contribution in [0.25, 0.3) is 0 Å². The second-order valence-corrected chi connectivity index (χ2v) is 8.72. The van der Waals surface area contributed by atoms with E-state index in [1.165, 1.54) is 0 Å². The molecule has 4 amide bonds. The second kappa shape index (κ2) is 7.81. The summed E-state index contributed by atoms with van der Waals surface area (Å²) in [5.41, 5.74) is -0.666. The summed E-state index contributed by atoms with van der Waals surface area (Å²) in [5.74, 6) is 1.18. The molecule has 0 spiro atoms. The molecule has 0 bridgehead atoms. The van der Waals surface area contributed by atoms with Crippen molar-refractivity contribution in [3.63, 3.8) is 0 Å². The number of ether oxygens (including phenoxy) is 2. The van der Waals surface area contributed by atoms with E-state index in [9.17, 15) is 14.4 Å². The molecule has 0 aromatic heterocycles. The van der Waals surface area contributed by atoms with Crippen molar-refractivity contribution in [1.82, 2.24) is 15.1 Å². The molecule has 1 saturated carbocycles. The number of urea groups is 1. The molecule has 162 valence electrons.